The number of carboxylic acids is 1. The van der Waals surface area contributed by atoms with E-state index in [1.807, 2.05) is 0 Å². The van der Waals surface area contributed by atoms with Crippen molar-refractivity contribution >= 4 is 11.8 Å². The van der Waals surface area contributed by atoms with Gasteiger partial charge in [-0.3, -0.25) is 4.79 Å². The van der Waals surface area contributed by atoms with Gasteiger partial charge >= 0.3 is 12.1 Å². The molecule has 0 saturated carbocycles. The molecule has 1 aromatic carbocycles. The van der Waals surface area contributed by atoms with E-state index in [1.54, 1.807) is 0 Å². The molecular formula is C10H7F3O3. The second kappa shape index (κ2) is 3.96. The second-order valence-corrected chi connectivity index (χ2v) is 3.16. The number of alkyl halides is 3. The molecule has 0 aliphatic carbocycles. The van der Waals surface area contributed by atoms with Crippen LogP contribution in [0.15, 0.2) is 18.2 Å². The van der Waals surface area contributed by atoms with Crippen molar-refractivity contribution in [2.45, 2.75) is 13.1 Å². The molecule has 86 valence electrons. The molecule has 16 heavy (non-hydrogen) atoms. The normalized spacial score (nSPS) is 11.2. The summed E-state index contributed by atoms with van der Waals surface area (Å²) in [5.74, 6) is -3.23. The molecule has 1 rings (SSSR count). The molecule has 0 aliphatic rings. The van der Waals surface area contributed by atoms with E-state index in [4.69, 9.17) is 5.11 Å². The number of aryl methyl sites for hydroxylation is 1. The Labute approximate surface area is 88.5 Å². The van der Waals surface area contributed by atoms with Gasteiger partial charge < -0.3 is 5.11 Å². The SMILES string of the molecule is Cc1cc(C(=O)C(F)(F)F)ccc1C(=O)O. The zero-order valence-electron chi connectivity index (χ0n) is 8.13. The molecule has 0 bridgehead atoms. The van der Waals surface area contributed by atoms with E-state index in [0.29, 0.717) is 0 Å². The summed E-state index contributed by atoms with van der Waals surface area (Å²) < 4.78 is 36.2. The Bertz CT molecular complexity index is 449. The van der Waals surface area contributed by atoms with Crippen molar-refractivity contribution in [1.29, 1.82) is 0 Å². The number of Topliss-reactive ketones (excluding diaryl/α,β-unsaturated/α-hetero) is 1. The molecule has 0 atom stereocenters. The molecular weight excluding hydrogens is 225 g/mol. The van der Waals surface area contributed by atoms with Crippen LogP contribution in [-0.2, 0) is 0 Å². The number of rotatable bonds is 2. The van der Waals surface area contributed by atoms with Crippen LogP contribution in [0.4, 0.5) is 13.2 Å². The Morgan fingerprint density at radius 2 is 1.81 bits per heavy atom. The molecule has 6 heteroatoms. The van der Waals surface area contributed by atoms with E-state index in [1.165, 1.54) is 6.92 Å². The lowest BCUT2D eigenvalue weighted by molar-refractivity contribution is -0.0885. The predicted octanol–water partition coefficient (Wildman–Crippen LogP) is 2.44. The molecule has 1 aromatic rings. The first-order valence-corrected chi connectivity index (χ1v) is 4.19. The van der Waals surface area contributed by atoms with Crippen LogP contribution in [0.2, 0.25) is 0 Å². The molecule has 0 saturated heterocycles. The smallest absolute Gasteiger partial charge is 0.454 e. The minimum absolute atomic E-state index is 0.114. The maximum atomic E-state index is 12.1. The number of ketones is 1. The number of halogens is 3. The van der Waals surface area contributed by atoms with Gasteiger partial charge in [0.2, 0.25) is 0 Å². The van der Waals surface area contributed by atoms with Crippen LogP contribution in [0.1, 0.15) is 26.3 Å². The molecule has 0 spiro atoms. The maximum Gasteiger partial charge on any atom is 0.454 e. The van der Waals surface area contributed by atoms with Crippen molar-refractivity contribution in [2.75, 3.05) is 0 Å². The zero-order chi connectivity index (χ0) is 12.5. The summed E-state index contributed by atoms with van der Waals surface area (Å²) in [4.78, 5) is 21.4. The lowest BCUT2D eigenvalue weighted by atomic mass is 10.0. The molecule has 0 unspecified atom stereocenters. The van der Waals surface area contributed by atoms with Gasteiger partial charge in [0, 0.05) is 5.56 Å². The van der Waals surface area contributed by atoms with Crippen LogP contribution in [0.25, 0.3) is 0 Å². The highest BCUT2D eigenvalue weighted by Crippen LogP contribution is 2.22. The fourth-order valence-corrected chi connectivity index (χ4v) is 1.21. The van der Waals surface area contributed by atoms with Crippen molar-refractivity contribution in [1.82, 2.24) is 0 Å². The average molecular weight is 232 g/mol. The van der Waals surface area contributed by atoms with Gasteiger partial charge in [0.05, 0.1) is 5.56 Å². The highest BCUT2D eigenvalue weighted by molar-refractivity contribution is 6.01. The quantitative estimate of drug-likeness (QED) is 0.796. The van der Waals surface area contributed by atoms with Crippen LogP contribution in [0.5, 0.6) is 0 Å². The minimum Gasteiger partial charge on any atom is -0.478 e. The molecule has 0 aromatic heterocycles. The van der Waals surface area contributed by atoms with E-state index in [-0.39, 0.29) is 11.1 Å². The molecule has 1 N–H and O–H groups in total. The topological polar surface area (TPSA) is 54.4 Å². The summed E-state index contributed by atoms with van der Waals surface area (Å²) in [6.45, 7) is 1.33. The van der Waals surface area contributed by atoms with Crippen LogP contribution < -0.4 is 0 Å². The maximum absolute atomic E-state index is 12.1. The number of benzene rings is 1. The number of carbonyl (C=O) groups is 2. The molecule has 0 amide bonds. The summed E-state index contributed by atoms with van der Waals surface area (Å²) in [5.41, 5.74) is -0.573. The zero-order valence-corrected chi connectivity index (χ0v) is 8.13. The van der Waals surface area contributed by atoms with Crippen molar-refractivity contribution in [3.05, 3.63) is 34.9 Å². The summed E-state index contributed by atoms with van der Waals surface area (Å²) in [5, 5.41) is 8.65. The van der Waals surface area contributed by atoms with Crippen molar-refractivity contribution < 1.29 is 27.9 Å². The second-order valence-electron chi connectivity index (χ2n) is 3.16. The average Bonchev–Trinajstić information content (AvgIpc) is 2.14. The third-order valence-corrected chi connectivity index (χ3v) is 1.98. The Kier molecular flexibility index (Phi) is 3.02. The van der Waals surface area contributed by atoms with Crippen LogP contribution >= 0.6 is 0 Å². The van der Waals surface area contributed by atoms with Crippen LogP contribution in [0, 0.1) is 6.92 Å². The fraction of sp³-hybridized carbons (Fsp3) is 0.200. The Morgan fingerprint density at radius 3 is 2.19 bits per heavy atom. The molecule has 0 heterocycles. The van der Waals surface area contributed by atoms with Crippen molar-refractivity contribution in [2.24, 2.45) is 0 Å². The first kappa shape index (κ1) is 12.2. The minimum atomic E-state index is -4.95. The number of carboxylic acid groups (broad SMARTS) is 1. The third kappa shape index (κ3) is 2.39. The predicted molar refractivity (Wildman–Crippen MR) is 48.5 cm³/mol. The van der Waals surface area contributed by atoms with Gasteiger partial charge in [-0.15, -0.1) is 0 Å². The first-order chi connectivity index (χ1) is 7.23. The number of hydrogen-bond donors (Lipinski definition) is 1. The summed E-state index contributed by atoms with van der Waals surface area (Å²) >= 11 is 0. The monoisotopic (exact) mass is 232 g/mol. The Morgan fingerprint density at radius 1 is 1.25 bits per heavy atom. The highest BCUT2D eigenvalue weighted by atomic mass is 19.4. The number of hydrogen-bond acceptors (Lipinski definition) is 2. The van der Waals surface area contributed by atoms with Gasteiger partial charge in [0.25, 0.3) is 5.78 Å². The van der Waals surface area contributed by atoms with Gasteiger partial charge in [0.15, 0.2) is 0 Å². The van der Waals surface area contributed by atoms with Gasteiger partial charge in [-0.2, -0.15) is 13.2 Å². The van der Waals surface area contributed by atoms with Crippen molar-refractivity contribution in [3.63, 3.8) is 0 Å². The summed E-state index contributed by atoms with van der Waals surface area (Å²) in [6, 6.07) is 2.75. The molecule has 3 nitrogen and oxygen atoms in total. The van der Waals surface area contributed by atoms with E-state index >= 15 is 0 Å². The Hall–Kier alpha value is -1.85. The number of carbonyl (C=O) groups excluding carboxylic acids is 1. The van der Waals surface area contributed by atoms with Gasteiger partial charge in [-0.05, 0) is 24.6 Å². The summed E-state index contributed by atoms with van der Waals surface area (Å²) in [6.07, 6.45) is -4.95. The fourth-order valence-electron chi connectivity index (χ4n) is 1.21. The molecule has 0 radical (unpaired) electrons. The first-order valence-electron chi connectivity index (χ1n) is 4.19. The van der Waals surface area contributed by atoms with Gasteiger partial charge in [-0.25, -0.2) is 4.79 Å². The lowest BCUT2D eigenvalue weighted by Gasteiger charge is -2.07. The third-order valence-electron chi connectivity index (χ3n) is 1.98. The summed E-state index contributed by atoms with van der Waals surface area (Å²) in [7, 11) is 0. The van der Waals surface area contributed by atoms with Crippen molar-refractivity contribution in [3.8, 4) is 0 Å². The van der Waals surface area contributed by atoms with Gasteiger partial charge in [-0.1, -0.05) is 6.07 Å². The molecule has 0 fully saturated rings. The molecule has 0 aliphatic heterocycles. The standard InChI is InChI=1S/C10H7F3O3/c1-5-4-6(8(14)10(11,12)13)2-3-7(5)9(15)16/h2-4H,1H3,(H,15,16). The van der Waals surface area contributed by atoms with E-state index < -0.39 is 23.5 Å². The van der Waals surface area contributed by atoms with E-state index in [2.05, 4.69) is 0 Å². The Balaban J connectivity index is 3.17. The van der Waals surface area contributed by atoms with E-state index in [0.717, 1.165) is 18.2 Å². The van der Waals surface area contributed by atoms with Crippen LogP contribution in [0.3, 0.4) is 0 Å². The lowest BCUT2D eigenvalue weighted by Crippen LogP contribution is -2.23. The van der Waals surface area contributed by atoms with E-state index in [9.17, 15) is 22.8 Å². The van der Waals surface area contributed by atoms with Crippen LogP contribution in [-0.4, -0.2) is 23.0 Å². The number of aromatic carboxylic acids is 1. The highest BCUT2D eigenvalue weighted by Gasteiger charge is 2.39. The largest absolute Gasteiger partial charge is 0.478 e. The van der Waals surface area contributed by atoms with Gasteiger partial charge in [0.1, 0.15) is 0 Å².